The molecule has 0 aliphatic heterocycles. The molecule has 8 nitrogen and oxygen atoms in total. The topological polar surface area (TPSA) is 128 Å². The van der Waals surface area contributed by atoms with Gasteiger partial charge in [-0.15, -0.1) is 0 Å². The lowest BCUT2D eigenvalue weighted by Crippen LogP contribution is -2.59. The summed E-state index contributed by atoms with van der Waals surface area (Å²) in [4.78, 5) is 39.2. The summed E-state index contributed by atoms with van der Waals surface area (Å²) in [5.74, 6) is -2.85. The van der Waals surface area contributed by atoms with Gasteiger partial charge in [-0.05, 0) is 48.6 Å². The van der Waals surface area contributed by atoms with E-state index in [2.05, 4.69) is 26.1 Å². The Balaban J connectivity index is 2.30. The third-order valence-corrected chi connectivity index (χ3v) is 6.06. The molecule has 2 aromatic carbocycles. The van der Waals surface area contributed by atoms with E-state index in [0.29, 0.717) is 12.1 Å². The zero-order valence-electron chi connectivity index (χ0n) is 21.7. The van der Waals surface area contributed by atoms with Crippen LogP contribution in [0.1, 0.15) is 57.6 Å². The van der Waals surface area contributed by atoms with Gasteiger partial charge in [-0.2, -0.15) is 0 Å². The van der Waals surface area contributed by atoms with E-state index in [0.717, 1.165) is 12.0 Å². The van der Waals surface area contributed by atoms with Crippen LogP contribution in [0.3, 0.4) is 0 Å². The van der Waals surface area contributed by atoms with E-state index in [-0.39, 0.29) is 24.2 Å². The van der Waals surface area contributed by atoms with E-state index < -0.39 is 35.2 Å². The molecule has 8 heteroatoms. The molecule has 0 spiro atoms. The molecule has 196 valence electrons. The molecule has 0 saturated heterocycles. The summed E-state index contributed by atoms with van der Waals surface area (Å²) >= 11 is 0. The minimum Gasteiger partial charge on any atom is -0.508 e. The number of nitrogens with one attached hydrogen (secondary N) is 1. The molecule has 0 aromatic heterocycles. The van der Waals surface area contributed by atoms with E-state index in [1.54, 1.807) is 19.1 Å². The summed E-state index contributed by atoms with van der Waals surface area (Å²) in [6.07, 6.45) is 0.382. The van der Waals surface area contributed by atoms with Crippen LogP contribution in [0.2, 0.25) is 0 Å². The van der Waals surface area contributed by atoms with Gasteiger partial charge in [0.2, 0.25) is 0 Å². The number of hydrogen-bond acceptors (Lipinski definition) is 8. The number of carbonyl (C=O) groups is 3. The van der Waals surface area contributed by atoms with Crippen molar-refractivity contribution in [3.8, 4) is 5.75 Å². The van der Waals surface area contributed by atoms with Crippen molar-refractivity contribution in [2.45, 2.75) is 64.6 Å². The number of phenols is 1. The van der Waals surface area contributed by atoms with Gasteiger partial charge in [0.25, 0.3) is 0 Å². The average molecular weight is 499 g/mol. The Bertz CT molecular complexity index is 1020. The number of ether oxygens (including phenoxy) is 2. The average Bonchev–Trinajstić information content (AvgIpc) is 2.83. The second kappa shape index (κ2) is 12.6. The van der Waals surface area contributed by atoms with Crippen molar-refractivity contribution in [1.29, 1.82) is 0 Å². The van der Waals surface area contributed by atoms with Gasteiger partial charge in [-0.3, -0.25) is 14.4 Å². The Labute approximate surface area is 213 Å². The van der Waals surface area contributed by atoms with Gasteiger partial charge in [-0.1, -0.05) is 63.2 Å². The Morgan fingerprint density at radius 2 is 1.61 bits per heavy atom. The molecule has 0 fully saturated rings. The standard InChI is InChI=1S/C28H38N2O6/c1-27(2,3)15-16-30-28(4,26(34)35-5)24(20-11-13-21(31)14-12-20)25(33)22(29)17-23(32)36-18-19-9-7-6-8-10-19/h6-14,22,24,30-31H,15-18,29H2,1-5H3/t22-,24?,28-/m0/s1. The van der Waals surface area contributed by atoms with Crippen LogP contribution in [-0.4, -0.2) is 48.1 Å². The Morgan fingerprint density at radius 1 is 1.00 bits per heavy atom. The molecule has 0 aliphatic rings. The molecule has 1 unspecified atom stereocenters. The molecule has 0 heterocycles. The first-order valence-corrected chi connectivity index (χ1v) is 12.0. The molecule has 2 aromatic rings. The van der Waals surface area contributed by atoms with Crippen LogP contribution < -0.4 is 11.1 Å². The van der Waals surface area contributed by atoms with E-state index in [1.165, 1.54) is 19.2 Å². The minimum absolute atomic E-state index is 0.0129. The number of aromatic hydroxyl groups is 1. The van der Waals surface area contributed by atoms with Crippen molar-refractivity contribution in [3.63, 3.8) is 0 Å². The van der Waals surface area contributed by atoms with E-state index in [4.69, 9.17) is 15.2 Å². The number of hydrogen-bond donors (Lipinski definition) is 3. The Morgan fingerprint density at radius 3 is 2.17 bits per heavy atom. The molecular weight excluding hydrogens is 460 g/mol. The highest BCUT2D eigenvalue weighted by Gasteiger charge is 2.48. The number of methoxy groups -OCH3 is 1. The highest BCUT2D eigenvalue weighted by atomic mass is 16.5. The number of phenolic OH excluding ortho intramolecular Hbond substituents is 1. The lowest BCUT2D eigenvalue weighted by molar-refractivity contribution is -0.151. The molecule has 4 N–H and O–H groups in total. The molecule has 0 saturated carbocycles. The van der Waals surface area contributed by atoms with Crippen molar-refractivity contribution >= 4 is 17.7 Å². The summed E-state index contributed by atoms with van der Waals surface area (Å²) in [6.45, 7) is 8.32. The Hall–Kier alpha value is -3.23. The highest BCUT2D eigenvalue weighted by molar-refractivity contribution is 5.99. The Kier molecular flexibility index (Phi) is 10.2. The fourth-order valence-electron chi connectivity index (χ4n) is 3.94. The van der Waals surface area contributed by atoms with Gasteiger partial charge in [0.05, 0.1) is 25.5 Å². The minimum atomic E-state index is -1.47. The van der Waals surface area contributed by atoms with Crippen LogP contribution >= 0.6 is 0 Å². The van der Waals surface area contributed by atoms with Crippen LogP contribution in [0.25, 0.3) is 0 Å². The molecule has 0 aliphatic carbocycles. The molecule has 2 rings (SSSR count). The molecule has 0 radical (unpaired) electrons. The maximum atomic E-state index is 13.7. The monoisotopic (exact) mass is 498 g/mol. The fourth-order valence-corrected chi connectivity index (χ4v) is 3.94. The van der Waals surface area contributed by atoms with Crippen LogP contribution in [-0.2, 0) is 30.5 Å². The summed E-state index contributed by atoms with van der Waals surface area (Å²) in [6, 6.07) is 13.9. The normalized spacial score (nSPS) is 14.8. The third-order valence-electron chi connectivity index (χ3n) is 6.06. The second-order valence-electron chi connectivity index (χ2n) is 10.3. The maximum absolute atomic E-state index is 13.7. The van der Waals surface area contributed by atoms with Gasteiger partial charge in [-0.25, -0.2) is 0 Å². The smallest absolute Gasteiger partial charge is 0.326 e. The molecular formula is C28H38N2O6. The molecule has 0 bridgehead atoms. The summed E-state index contributed by atoms with van der Waals surface area (Å²) < 4.78 is 10.4. The first-order chi connectivity index (χ1) is 16.9. The van der Waals surface area contributed by atoms with Crippen LogP contribution in [0.15, 0.2) is 54.6 Å². The third kappa shape index (κ3) is 8.17. The number of esters is 2. The van der Waals surface area contributed by atoms with Gasteiger partial charge in [0, 0.05) is 0 Å². The summed E-state index contributed by atoms with van der Waals surface area (Å²) in [7, 11) is 1.26. The van der Waals surface area contributed by atoms with Crippen molar-refractivity contribution in [2.75, 3.05) is 13.7 Å². The van der Waals surface area contributed by atoms with Crippen molar-refractivity contribution < 1.29 is 29.0 Å². The van der Waals surface area contributed by atoms with Crippen LogP contribution in [0.5, 0.6) is 5.75 Å². The predicted molar refractivity (Wildman–Crippen MR) is 137 cm³/mol. The van der Waals surface area contributed by atoms with Crippen LogP contribution in [0, 0.1) is 5.41 Å². The quantitative estimate of drug-likeness (QED) is 0.380. The number of rotatable bonds is 12. The van der Waals surface area contributed by atoms with Gasteiger partial charge >= 0.3 is 11.9 Å². The van der Waals surface area contributed by atoms with E-state index in [9.17, 15) is 19.5 Å². The number of ketones is 1. The van der Waals surface area contributed by atoms with Crippen molar-refractivity contribution in [3.05, 3.63) is 65.7 Å². The van der Waals surface area contributed by atoms with E-state index >= 15 is 0 Å². The highest BCUT2D eigenvalue weighted by Crippen LogP contribution is 2.33. The zero-order valence-corrected chi connectivity index (χ0v) is 21.7. The first kappa shape index (κ1) is 29.0. The molecule has 0 amide bonds. The fraction of sp³-hybridized carbons (Fsp3) is 0.464. The van der Waals surface area contributed by atoms with Gasteiger partial charge < -0.3 is 25.6 Å². The lowest BCUT2D eigenvalue weighted by atomic mass is 9.75. The van der Waals surface area contributed by atoms with Crippen molar-refractivity contribution in [1.82, 2.24) is 5.32 Å². The van der Waals surface area contributed by atoms with Gasteiger partial charge in [0.1, 0.15) is 17.9 Å². The second-order valence-corrected chi connectivity index (χ2v) is 10.3. The number of nitrogens with two attached hydrogens (primary N) is 1. The van der Waals surface area contributed by atoms with E-state index in [1.807, 2.05) is 30.3 Å². The van der Waals surface area contributed by atoms with Crippen molar-refractivity contribution in [2.24, 2.45) is 11.1 Å². The molecule has 3 atom stereocenters. The predicted octanol–water partition coefficient (Wildman–Crippen LogP) is 3.46. The number of carbonyl (C=O) groups excluding carboxylic acids is 3. The first-order valence-electron chi connectivity index (χ1n) is 12.0. The molecule has 36 heavy (non-hydrogen) atoms. The zero-order chi connectivity index (χ0) is 26.9. The maximum Gasteiger partial charge on any atom is 0.326 e. The SMILES string of the molecule is COC(=O)[C@@](C)(NCCC(C)(C)C)C(C(=O)[C@@H](N)CC(=O)OCc1ccccc1)c1ccc(O)cc1. The number of benzene rings is 2. The number of Topliss-reactive ketones (excluding diaryl/α,β-unsaturated/α-hetero) is 1. The largest absolute Gasteiger partial charge is 0.508 e. The summed E-state index contributed by atoms with van der Waals surface area (Å²) in [5, 5.41) is 13.0. The van der Waals surface area contributed by atoms with Crippen LogP contribution in [0.4, 0.5) is 0 Å². The summed E-state index contributed by atoms with van der Waals surface area (Å²) in [5.41, 5.74) is 6.00. The lowest BCUT2D eigenvalue weighted by Gasteiger charge is -2.37. The van der Waals surface area contributed by atoms with Gasteiger partial charge in [0.15, 0.2) is 5.78 Å².